The molecule has 0 aliphatic heterocycles. The van der Waals surface area contributed by atoms with Crippen LogP contribution in [0.5, 0.6) is 17.2 Å². The maximum atomic E-state index is 12.5. The van der Waals surface area contributed by atoms with Crippen LogP contribution in [0, 0.1) is 0 Å². The van der Waals surface area contributed by atoms with Crippen LogP contribution in [0.3, 0.4) is 0 Å². The summed E-state index contributed by atoms with van der Waals surface area (Å²) in [4.78, 5) is 12.5. The van der Waals surface area contributed by atoms with Crippen LogP contribution < -0.4 is 19.5 Å². The van der Waals surface area contributed by atoms with Crippen LogP contribution in [0.4, 0.5) is 0 Å². The molecule has 5 nitrogen and oxygen atoms in total. The minimum Gasteiger partial charge on any atom is -0.496 e. The van der Waals surface area contributed by atoms with Crippen LogP contribution in [0.15, 0.2) is 42.5 Å². The van der Waals surface area contributed by atoms with E-state index in [9.17, 15) is 4.79 Å². The molecule has 2 rings (SSSR count). The van der Waals surface area contributed by atoms with Gasteiger partial charge in [-0.25, -0.2) is 0 Å². The van der Waals surface area contributed by atoms with Gasteiger partial charge in [0.05, 0.1) is 26.9 Å². The van der Waals surface area contributed by atoms with Gasteiger partial charge in [-0.3, -0.25) is 4.79 Å². The third kappa shape index (κ3) is 3.98. The third-order valence-electron chi connectivity index (χ3n) is 3.68. The Hall–Kier alpha value is -2.69. The van der Waals surface area contributed by atoms with Crippen LogP contribution in [0.1, 0.15) is 35.8 Å². The maximum absolute atomic E-state index is 12.5. The van der Waals surface area contributed by atoms with Crippen molar-refractivity contribution in [2.24, 2.45) is 0 Å². The lowest BCUT2D eigenvalue weighted by molar-refractivity contribution is 0.0939. The number of methoxy groups -OCH3 is 2. The SMILES string of the molecule is CCOc1cc(C(=O)NC(C)c2ccccc2OC)ccc1OC. The highest BCUT2D eigenvalue weighted by Crippen LogP contribution is 2.29. The molecule has 1 atom stereocenters. The molecule has 24 heavy (non-hydrogen) atoms. The second-order valence-electron chi connectivity index (χ2n) is 5.24. The van der Waals surface area contributed by atoms with Crippen LogP contribution in [0.2, 0.25) is 0 Å². The summed E-state index contributed by atoms with van der Waals surface area (Å²) in [6.45, 7) is 4.30. The standard InChI is InChI=1S/C19H23NO4/c1-5-24-18-12-14(10-11-17(18)23-4)19(21)20-13(2)15-8-6-7-9-16(15)22-3/h6-13H,5H2,1-4H3,(H,20,21). The van der Waals surface area contributed by atoms with Crippen LogP contribution in [0.25, 0.3) is 0 Å². The number of ether oxygens (including phenoxy) is 3. The van der Waals surface area contributed by atoms with Crippen molar-refractivity contribution in [1.29, 1.82) is 0 Å². The van der Waals surface area contributed by atoms with Crippen molar-refractivity contribution in [3.63, 3.8) is 0 Å². The summed E-state index contributed by atoms with van der Waals surface area (Å²) in [5.41, 5.74) is 1.44. The van der Waals surface area contributed by atoms with Gasteiger partial charge in [-0.1, -0.05) is 18.2 Å². The van der Waals surface area contributed by atoms with Gasteiger partial charge in [-0.05, 0) is 38.1 Å². The molecule has 1 amide bonds. The number of nitrogens with one attached hydrogen (secondary N) is 1. The lowest BCUT2D eigenvalue weighted by Gasteiger charge is -2.18. The van der Waals surface area contributed by atoms with Gasteiger partial charge in [0.2, 0.25) is 0 Å². The fourth-order valence-electron chi connectivity index (χ4n) is 2.47. The average Bonchev–Trinajstić information content (AvgIpc) is 2.61. The van der Waals surface area contributed by atoms with Crippen molar-refractivity contribution in [2.75, 3.05) is 20.8 Å². The molecule has 0 aromatic heterocycles. The summed E-state index contributed by atoms with van der Waals surface area (Å²) in [6, 6.07) is 12.6. The van der Waals surface area contributed by atoms with Crippen molar-refractivity contribution in [1.82, 2.24) is 5.32 Å². The molecule has 0 heterocycles. The van der Waals surface area contributed by atoms with Gasteiger partial charge >= 0.3 is 0 Å². The van der Waals surface area contributed by atoms with E-state index in [4.69, 9.17) is 14.2 Å². The van der Waals surface area contributed by atoms with E-state index < -0.39 is 0 Å². The molecule has 0 aliphatic rings. The molecule has 0 radical (unpaired) electrons. The summed E-state index contributed by atoms with van der Waals surface area (Å²) in [5.74, 6) is 1.72. The lowest BCUT2D eigenvalue weighted by Crippen LogP contribution is -2.27. The first-order valence-corrected chi connectivity index (χ1v) is 7.85. The normalized spacial score (nSPS) is 11.5. The molecule has 5 heteroatoms. The fourth-order valence-corrected chi connectivity index (χ4v) is 2.47. The Bertz CT molecular complexity index is 700. The Morgan fingerprint density at radius 3 is 2.42 bits per heavy atom. The van der Waals surface area contributed by atoms with Gasteiger partial charge in [0.1, 0.15) is 5.75 Å². The zero-order valence-electron chi connectivity index (χ0n) is 14.5. The van der Waals surface area contributed by atoms with Crippen LogP contribution in [-0.2, 0) is 0 Å². The molecule has 2 aromatic rings. The molecular weight excluding hydrogens is 306 g/mol. The zero-order chi connectivity index (χ0) is 17.5. The molecule has 1 N–H and O–H groups in total. The number of carbonyl (C=O) groups is 1. The summed E-state index contributed by atoms with van der Waals surface area (Å²) in [7, 11) is 3.19. The highest BCUT2D eigenvalue weighted by Gasteiger charge is 2.16. The summed E-state index contributed by atoms with van der Waals surface area (Å²) < 4.78 is 16.1. The van der Waals surface area contributed by atoms with Crippen LogP contribution in [-0.4, -0.2) is 26.7 Å². The molecule has 0 saturated carbocycles. The highest BCUT2D eigenvalue weighted by molar-refractivity contribution is 5.95. The van der Waals surface area contributed by atoms with Gasteiger partial charge in [-0.15, -0.1) is 0 Å². The van der Waals surface area contributed by atoms with E-state index in [-0.39, 0.29) is 11.9 Å². The smallest absolute Gasteiger partial charge is 0.251 e. The van der Waals surface area contributed by atoms with Crippen molar-refractivity contribution >= 4 is 5.91 Å². The van der Waals surface area contributed by atoms with Gasteiger partial charge in [0.15, 0.2) is 11.5 Å². The molecule has 2 aromatic carbocycles. The van der Waals surface area contributed by atoms with Crippen LogP contribution >= 0.6 is 0 Å². The van der Waals surface area contributed by atoms with Gasteiger partial charge in [0, 0.05) is 11.1 Å². The number of hydrogen-bond donors (Lipinski definition) is 1. The Kier molecular flexibility index (Phi) is 6.07. The molecule has 0 bridgehead atoms. The largest absolute Gasteiger partial charge is 0.496 e. The monoisotopic (exact) mass is 329 g/mol. The Balaban J connectivity index is 2.18. The number of amides is 1. The molecule has 1 unspecified atom stereocenters. The van der Waals surface area contributed by atoms with E-state index in [2.05, 4.69) is 5.32 Å². The van der Waals surface area contributed by atoms with Crippen molar-refractivity contribution in [3.8, 4) is 17.2 Å². The maximum Gasteiger partial charge on any atom is 0.251 e. The Labute approximate surface area is 142 Å². The molecule has 0 aliphatic carbocycles. The van der Waals surface area contributed by atoms with E-state index in [1.165, 1.54) is 0 Å². The summed E-state index contributed by atoms with van der Waals surface area (Å²) in [6.07, 6.45) is 0. The molecular formula is C19H23NO4. The van der Waals surface area contributed by atoms with E-state index in [1.807, 2.05) is 38.1 Å². The minimum absolute atomic E-state index is 0.183. The predicted molar refractivity (Wildman–Crippen MR) is 93.0 cm³/mol. The topological polar surface area (TPSA) is 56.8 Å². The van der Waals surface area contributed by atoms with Crippen molar-refractivity contribution in [2.45, 2.75) is 19.9 Å². The Morgan fingerprint density at radius 1 is 1.04 bits per heavy atom. The minimum atomic E-state index is -0.189. The highest BCUT2D eigenvalue weighted by atomic mass is 16.5. The molecule has 0 fully saturated rings. The molecule has 128 valence electrons. The molecule has 0 spiro atoms. The first-order chi connectivity index (χ1) is 11.6. The Morgan fingerprint density at radius 2 is 1.75 bits per heavy atom. The number of para-hydroxylation sites is 1. The van der Waals surface area contributed by atoms with E-state index in [0.717, 1.165) is 11.3 Å². The fraction of sp³-hybridized carbons (Fsp3) is 0.316. The lowest BCUT2D eigenvalue weighted by atomic mass is 10.1. The van der Waals surface area contributed by atoms with Gasteiger partial charge in [-0.2, -0.15) is 0 Å². The first kappa shape index (κ1) is 17.7. The summed E-state index contributed by atoms with van der Waals surface area (Å²) >= 11 is 0. The number of carbonyl (C=O) groups excluding carboxylic acids is 1. The van der Waals surface area contributed by atoms with Gasteiger partial charge < -0.3 is 19.5 Å². The second kappa shape index (κ2) is 8.24. The average molecular weight is 329 g/mol. The van der Waals surface area contributed by atoms with E-state index >= 15 is 0 Å². The van der Waals surface area contributed by atoms with Crippen molar-refractivity contribution < 1.29 is 19.0 Å². The summed E-state index contributed by atoms with van der Waals surface area (Å²) in [5, 5.41) is 2.98. The second-order valence-corrected chi connectivity index (χ2v) is 5.24. The predicted octanol–water partition coefficient (Wildman–Crippen LogP) is 3.59. The number of benzene rings is 2. The number of hydrogen-bond acceptors (Lipinski definition) is 4. The third-order valence-corrected chi connectivity index (χ3v) is 3.68. The quantitative estimate of drug-likeness (QED) is 0.843. The van der Waals surface area contributed by atoms with Gasteiger partial charge in [0.25, 0.3) is 5.91 Å². The first-order valence-electron chi connectivity index (χ1n) is 7.85. The zero-order valence-corrected chi connectivity index (χ0v) is 14.5. The van der Waals surface area contributed by atoms with E-state index in [0.29, 0.717) is 23.7 Å². The van der Waals surface area contributed by atoms with Crippen molar-refractivity contribution in [3.05, 3.63) is 53.6 Å². The number of rotatable bonds is 7. The molecule has 0 saturated heterocycles. The van der Waals surface area contributed by atoms with E-state index in [1.54, 1.807) is 32.4 Å².